The maximum Gasteiger partial charge on any atom is 0.248 e. The lowest BCUT2D eigenvalue weighted by atomic mass is 10.1. The molecule has 1 aromatic heterocycles. The summed E-state index contributed by atoms with van der Waals surface area (Å²) in [5.41, 5.74) is 3.00. The van der Waals surface area contributed by atoms with Gasteiger partial charge in [-0.1, -0.05) is 0 Å². The van der Waals surface area contributed by atoms with Crippen molar-refractivity contribution in [1.29, 1.82) is 5.26 Å². The first-order valence-electron chi connectivity index (χ1n) is 15.0. The van der Waals surface area contributed by atoms with Crippen LogP contribution in [0.15, 0.2) is 48.7 Å². The molecule has 230 valence electrons. The molecule has 0 saturated carbocycles. The summed E-state index contributed by atoms with van der Waals surface area (Å²) in [5, 5.41) is 22.3. The van der Waals surface area contributed by atoms with Gasteiger partial charge in [0, 0.05) is 75.6 Å². The van der Waals surface area contributed by atoms with Crippen LogP contribution in [0.5, 0.6) is 11.5 Å². The summed E-state index contributed by atoms with van der Waals surface area (Å²) in [6.45, 7) is 6.11. The molecule has 0 bridgehead atoms. The van der Waals surface area contributed by atoms with Crippen LogP contribution >= 0.6 is 0 Å². The zero-order valence-corrected chi connectivity index (χ0v) is 24.8. The highest BCUT2D eigenvalue weighted by Crippen LogP contribution is 2.34. The lowest BCUT2D eigenvalue weighted by Gasteiger charge is -2.43. The summed E-state index contributed by atoms with van der Waals surface area (Å²) < 4.78 is 17.3. The zero-order chi connectivity index (χ0) is 30.5. The Morgan fingerprint density at radius 2 is 1.86 bits per heavy atom. The summed E-state index contributed by atoms with van der Waals surface area (Å²) in [6.07, 6.45) is 2.83. The van der Waals surface area contributed by atoms with Gasteiger partial charge in [-0.05, 0) is 36.4 Å². The molecule has 0 radical (unpaired) electrons. The van der Waals surface area contributed by atoms with E-state index in [4.69, 9.17) is 24.3 Å². The number of methoxy groups -OCH3 is 1. The smallest absolute Gasteiger partial charge is 0.248 e. The van der Waals surface area contributed by atoms with Gasteiger partial charge in [-0.3, -0.25) is 9.69 Å². The van der Waals surface area contributed by atoms with Gasteiger partial charge in [0.15, 0.2) is 5.82 Å². The van der Waals surface area contributed by atoms with Crippen molar-refractivity contribution in [1.82, 2.24) is 19.8 Å². The maximum atomic E-state index is 11.7. The number of likely N-dealkylation sites (tertiary alicyclic amines) is 1. The molecule has 0 unspecified atom stereocenters. The number of hydrogen-bond acceptors (Lipinski definition) is 11. The molecule has 3 aliphatic heterocycles. The largest absolute Gasteiger partial charge is 0.495 e. The first-order chi connectivity index (χ1) is 21.5. The van der Waals surface area contributed by atoms with Crippen LogP contribution in [0.3, 0.4) is 0 Å². The van der Waals surface area contributed by atoms with E-state index < -0.39 is 6.61 Å². The number of hydrogen-bond donors (Lipinski definition) is 2. The van der Waals surface area contributed by atoms with E-state index in [9.17, 15) is 10.1 Å². The van der Waals surface area contributed by atoms with Crippen molar-refractivity contribution in [3.05, 3.63) is 54.2 Å². The van der Waals surface area contributed by atoms with Crippen molar-refractivity contribution in [3.63, 3.8) is 0 Å². The molecule has 0 atom stereocenters. The Labute approximate surface area is 256 Å². The number of benzene rings is 2. The van der Waals surface area contributed by atoms with Crippen molar-refractivity contribution in [2.45, 2.75) is 25.0 Å². The Balaban J connectivity index is 1.10. The Morgan fingerprint density at radius 3 is 2.55 bits per heavy atom. The van der Waals surface area contributed by atoms with Crippen LogP contribution in [0.4, 0.5) is 17.2 Å². The molecule has 12 heteroatoms. The van der Waals surface area contributed by atoms with E-state index >= 15 is 0 Å². The molecular weight excluding hydrogens is 562 g/mol. The fourth-order valence-electron chi connectivity index (χ4n) is 5.86. The van der Waals surface area contributed by atoms with Crippen LogP contribution in [-0.4, -0.2) is 109 Å². The van der Waals surface area contributed by atoms with Crippen LogP contribution in [0.25, 0.3) is 11.4 Å². The number of nitrogens with one attached hydrogen (secondary N) is 1. The molecule has 4 heterocycles. The molecule has 0 spiro atoms. The highest BCUT2D eigenvalue weighted by atomic mass is 16.5. The van der Waals surface area contributed by atoms with Crippen molar-refractivity contribution < 1.29 is 24.1 Å². The predicted molar refractivity (Wildman–Crippen MR) is 164 cm³/mol. The summed E-state index contributed by atoms with van der Waals surface area (Å²) in [5.74, 6) is 2.10. The van der Waals surface area contributed by atoms with Gasteiger partial charge < -0.3 is 34.4 Å². The molecule has 3 aliphatic rings. The molecule has 3 saturated heterocycles. The van der Waals surface area contributed by atoms with Gasteiger partial charge in [0.25, 0.3) is 0 Å². The standard InChI is InChI=1S/C32H37N7O5/c1-42-29-17-24(3-4-27(29)38-14-12-37(13-15-38)25-20-43-21-25)35-30-6-9-34-32(36-30)22-2-5-28(23(16-22)18-33)44-26-7-10-39(11-8-26)31(41)19-40/h2-6,9,16-17,25-26,40H,7-8,10-15,19-21H2,1H3,(H,34,35,36). The second-order valence-corrected chi connectivity index (χ2v) is 11.2. The summed E-state index contributed by atoms with van der Waals surface area (Å²) in [4.78, 5) is 27.4. The molecule has 1 amide bonds. The van der Waals surface area contributed by atoms with E-state index in [1.54, 1.807) is 36.4 Å². The molecule has 2 aromatic carbocycles. The Hall–Kier alpha value is -4.44. The summed E-state index contributed by atoms with van der Waals surface area (Å²) >= 11 is 0. The summed E-state index contributed by atoms with van der Waals surface area (Å²) in [7, 11) is 1.69. The minimum atomic E-state index is -0.486. The SMILES string of the molecule is COc1cc(Nc2ccnc(-c3ccc(OC4CCN(C(=O)CO)CC4)c(C#N)c3)n2)ccc1N1CCN(C2COC2)CC1. The highest BCUT2D eigenvalue weighted by Gasteiger charge is 2.29. The molecule has 3 aromatic rings. The quantitative estimate of drug-likeness (QED) is 0.376. The van der Waals surface area contributed by atoms with Gasteiger partial charge >= 0.3 is 0 Å². The number of rotatable bonds is 9. The molecule has 3 fully saturated rings. The maximum absolute atomic E-state index is 11.7. The number of piperazine rings is 1. The lowest BCUT2D eigenvalue weighted by molar-refractivity contribution is -0.135. The topological polar surface area (TPSA) is 136 Å². The first kappa shape index (κ1) is 29.6. The lowest BCUT2D eigenvalue weighted by Crippen LogP contribution is -2.56. The third-order valence-electron chi connectivity index (χ3n) is 8.48. The molecular formula is C32H37N7O5. The van der Waals surface area contributed by atoms with E-state index in [1.165, 1.54) is 0 Å². The number of carbonyl (C=O) groups excluding carboxylic acids is 1. The monoisotopic (exact) mass is 599 g/mol. The Kier molecular flexibility index (Phi) is 9.07. The number of aliphatic hydroxyl groups is 1. The number of piperidine rings is 1. The third-order valence-corrected chi connectivity index (χ3v) is 8.48. The van der Waals surface area contributed by atoms with Crippen molar-refractivity contribution in [3.8, 4) is 29.0 Å². The minimum Gasteiger partial charge on any atom is -0.495 e. The normalized spacial score (nSPS) is 17.9. The Morgan fingerprint density at radius 1 is 1.07 bits per heavy atom. The predicted octanol–water partition coefficient (Wildman–Crippen LogP) is 2.65. The van der Waals surface area contributed by atoms with Crippen LogP contribution in [0.1, 0.15) is 18.4 Å². The van der Waals surface area contributed by atoms with Crippen LogP contribution in [0.2, 0.25) is 0 Å². The Bertz CT molecular complexity index is 1510. The number of anilines is 3. The fraction of sp³-hybridized carbons (Fsp3) is 0.438. The number of ether oxygens (including phenoxy) is 3. The molecule has 2 N–H and O–H groups in total. The van der Waals surface area contributed by atoms with Gasteiger partial charge in [-0.15, -0.1) is 0 Å². The van der Waals surface area contributed by atoms with Gasteiger partial charge in [-0.2, -0.15) is 5.26 Å². The third kappa shape index (κ3) is 6.55. The number of aliphatic hydroxyl groups excluding tert-OH is 1. The van der Waals surface area contributed by atoms with Crippen molar-refractivity contribution in [2.75, 3.05) is 76.4 Å². The second kappa shape index (κ2) is 13.5. The highest BCUT2D eigenvalue weighted by molar-refractivity contribution is 5.77. The van der Waals surface area contributed by atoms with E-state index in [0.29, 0.717) is 60.5 Å². The van der Waals surface area contributed by atoms with Gasteiger partial charge in [-0.25, -0.2) is 9.97 Å². The average Bonchev–Trinajstić information content (AvgIpc) is 3.04. The molecule has 44 heavy (non-hydrogen) atoms. The number of nitriles is 1. The van der Waals surface area contributed by atoms with E-state index in [-0.39, 0.29) is 12.0 Å². The molecule has 6 rings (SSSR count). The second-order valence-electron chi connectivity index (χ2n) is 11.2. The fourth-order valence-corrected chi connectivity index (χ4v) is 5.86. The van der Waals surface area contributed by atoms with Gasteiger partial charge in [0.2, 0.25) is 5.91 Å². The van der Waals surface area contributed by atoms with Crippen LogP contribution in [-0.2, 0) is 9.53 Å². The number of aromatic nitrogens is 2. The van der Waals surface area contributed by atoms with Crippen LogP contribution in [0, 0.1) is 11.3 Å². The zero-order valence-electron chi connectivity index (χ0n) is 24.8. The van der Waals surface area contributed by atoms with E-state index in [1.807, 2.05) is 18.2 Å². The number of carbonyl (C=O) groups is 1. The number of amides is 1. The molecule has 0 aliphatic carbocycles. The van der Waals surface area contributed by atoms with Crippen LogP contribution < -0.4 is 19.7 Å². The van der Waals surface area contributed by atoms with E-state index in [0.717, 1.165) is 56.5 Å². The summed E-state index contributed by atoms with van der Waals surface area (Å²) in [6, 6.07) is 16.0. The average molecular weight is 600 g/mol. The van der Waals surface area contributed by atoms with Crippen molar-refractivity contribution >= 4 is 23.1 Å². The van der Waals surface area contributed by atoms with Gasteiger partial charge in [0.05, 0.1) is 37.6 Å². The van der Waals surface area contributed by atoms with Crippen molar-refractivity contribution in [2.24, 2.45) is 0 Å². The minimum absolute atomic E-state index is 0.116. The molecule has 12 nitrogen and oxygen atoms in total. The van der Waals surface area contributed by atoms with Gasteiger partial charge in [0.1, 0.15) is 36.1 Å². The van der Waals surface area contributed by atoms with E-state index in [2.05, 4.69) is 32.2 Å². The number of nitrogens with zero attached hydrogens (tertiary/aromatic N) is 6. The first-order valence-corrected chi connectivity index (χ1v) is 15.0.